The summed E-state index contributed by atoms with van der Waals surface area (Å²) in [5.41, 5.74) is 3.02. The average molecular weight is 281 g/mol. The Labute approximate surface area is 123 Å². The Balaban J connectivity index is 2.29. The van der Waals surface area contributed by atoms with Crippen molar-refractivity contribution in [3.05, 3.63) is 52.8 Å². The van der Waals surface area contributed by atoms with Crippen LogP contribution in [0.1, 0.15) is 27.3 Å². The lowest BCUT2D eigenvalue weighted by atomic mass is 10.1. The Morgan fingerprint density at radius 3 is 2.67 bits per heavy atom. The number of nitriles is 1. The highest BCUT2D eigenvalue weighted by Crippen LogP contribution is 2.26. The van der Waals surface area contributed by atoms with Crippen molar-refractivity contribution in [2.75, 3.05) is 12.4 Å². The number of aryl methyl sites for hydroxylation is 2. The van der Waals surface area contributed by atoms with Crippen LogP contribution < -0.4 is 10.1 Å². The summed E-state index contributed by atoms with van der Waals surface area (Å²) >= 11 is 0. The molecule has 0 aliphatic heterocycles. The zero-order valence-electron chi connectivity index (χ0n) is 12.1. The number of nitrogens with one attached hydrogen (secondary N) is 1. The van der Waals surface area contributed by atoms with E-state index in [1.54, 1.807) is 37.3 Å². The molecule has 1 aromatic carbocycles. The maximum atomic E-state index is 12.3. The number of anilines is 1. The number of carbonyl (C=O) groups excluding carboxylic acids is 1. The predicted octanol–water partition coefficient (Wildman–Crippen LogP) is 2.83. The Morgan fingerprint density at radius 2 is 2.05 bits per heavy atom. The van der Waals surface area contributed by atoms with Crippen LogP contribution in [-0.2, 0) is 0 Å². The SMILES string of the molecule is COc1cc(C#N)ccc1NC(=O)c1ccc(C)nc1C. The number of hydrogen-bond donors (Lipinski definition) is 1. The molecule has 2 rings (SSSR count). The summed E-state index contributed by atoms with van der Waals surface area (Å²) < 4.78 is 5.19. The lowest BCUT2D eigenvalue weighted by molar-refractivity contribution is 0.102. The molecule has 21 heavy (non-hydrogen) atoms. The number of methoxy groups -OCH3 is 1. The van der Waals surface area contributed by atoms with E-state index in [-0.39, 0.29) is 5.91 Å². The highest BCUT2D eigenvalue weighted by molar-refractivity contribution is 6.05. The quantitative estimate of drug-likeness (QED) is 0.938. The largest absolute Gasteiger partial charge is 0.495 e. The molecule has 0 radical (unpaired) electrons. The highest BCUT2D eigenvalue weighted by Gasteiger charge is 2.13. The van der Waals surface area contributed by atoms with E-state index < -0.39 is 0 Å². The first-order valence-corrected chi connectivity index (χ1v) is 6.39. The molecule has 0 spiro atoms. The van der Waals surface area contributed by atoms with Crippen LogP contribution >= 0.6 is 0 Å². The minimum absolute atomic E-state index is 0.261. The third-order valence-corrected chi connectivity index (χ3v) is 3.05. The van der Waals surface area contributed by atoms with Gasteiger partial charge in [-0.3, -0.25) is 9.78 Å². The summed E-state index contributed by atoms with van der Waals surface area (Å²) in [6.07, 6.45) is 0. The van der Waals surface area contributed by atoms with E-state index in [0.29, 0.717) is 28.3 Å². The van der Waals surface area contributed by atoms with Crippen LogP contribution in [0.4, 0.5) is 5.69 Å². The van der Waals surface area contributed by atoms with Crippen LogP contribution in [0, 0.1) is 25.2 Å². The standard InChI is InChI=1S/C16H15N3O2/c1-10-4-6-13(11(2)18-10)16(20)19-14-7-5-12(9-17)8-15(14)21-3/h4-8H,1-3H3,(H,19,20). The number of pyridine rings is 1. The zero-order valence-corrected chi connectivity index (χ0v) is 12.1. The summed E-state index contributed by atoms with van der Waals surface area (Å²) in [5, 5.41) is 11.6. The molecule has 1 amide bonds. The second kappa shape index (κ2) is 6.06. The number of rotatable bonds is 3. The van der Waals surface area contributed by atoms with Crippen LogP contribution in [-0.4, -0.2) is 18.0 Å². The molecule has 0 atom stereocenters. The summed E-state index contributed by atoms with van der Waals surface area (Å²) in [4.78, 5) is 16.6. The van der Waals surface area contributed by atoms with Crippen molar-refractivity contribution in [3.8, 4) is 11.8 Å². The Bertz CT molecular complexity index is 733. The van der Waals surface area contributed by atoms with Gasteiger partial charge in [-0.05, 0) is 38.1 Å². The second-order valence-electron chi connectivity index (χ2n) is 4.57. The van der Waals surface area contributed by atoms with Gasteiger partial charge in [0.15, 0.2) is 0 Å². The first-order chi connectivity index (χ1) is 10.0. The Kier molecular flexibility index (Phi) is 4.19. The van der Waals surface area contributed by atoms with E-state index in [1.807, 2.05) is 13.0 Å². The minimum atomic E-state index is -0.261. The minimum Gasteiger partial charge on any atom is -0.495 e. The van der Waals surface area contributed by atoms with Gasteiger partial charge in [-0.15, -0.1) is 0 Å². The molecule has 0 fully saturated rings. The summed E-state index contributed by atoms with van der Waals surface area (Å²) in [6.45, 7) is 3.66. The molecule has 1 aromatic heterocycles. The van der Waals surface area contributed by atoms with E-state index in [4.69, 9.17) is 10.00 Å². The van der Waals surface area contributed by atoms with Gasteiger partial charge in [-0.2, -0.15) is 5.26 Å². The van der Waals surface area contributed by atoms with Gasteiger partial charge in [-0.1, -0.05) is 0 Å². The van der Waals surface area contributed by atoms with Crippen molar-refractivity contribution in [3.63, 3.8) is 0 Å². The lowest BCUT2D eigenvalue weighted by Crippen LogP contribution is -2.15. The lowest BCUT2D eigenvalue weighted by Gasteiger charge is -2.11. The molecule has 0 unspecified atom stereocenters. The van der Waals surface area contributed by atoms with Gasteiger partial charge in [0.05, 0.1) is 35.7 Å². The maximum absolute atomic E-state index is 12.3. The Morgan fingerprint density at radius 1 is 1.29 bits per heavy atom. The number of hydrogen-bond acceptors (Lipinski definition) is 4. The number of benzene rings is 1. The van der Waals surface area contributed by atoms with E-state index in [2.05, 4.69) is 10.3 Å². The Hall–Kier alpha value is -2.87. The molecule has 106 valence electrons. The number of ether oxygens (including phenoxy) is 1. The third-order valence-electron chi connectivity index (χ3n) is 3.05. The van der Waals surface area contributed by atoms with Gasteiger partial charge in [0, 0.05) is 11.8 Å². The molecule has 5 heteroatoms. The smallest absolute Gasteiger partial charge is 0.257 e. The van der Waals surface area contributed by atoms with Crippen LogP contribution in [0.25, 0.3) is 0 Å². The van der Waals surface area contributed by atoms with Crippen molar-refractivity contribution >= 4 is 11.6 Å². The summed E-state index contributed by atoms with van der Waals surface area (Å²) in [6, 6.07) is 10.4. The van der Waals surface area contributed by atoms with Crippen LogP contribution in [0.15, 0.2) is 30.3 Å². The van der Waals surface area contributed by atoms with Crippen LogP contribution in [0.3, 0.4) is 0 Å². The van der Waals surface area contributed by atoms with Gasteiger partial charge in [0.25, 0.3) is 5.91 Å². The van der Waals surface area contributed by atoms with Gasteiger partial charge in [0.1, 0.15) is 5.75 Å². The normalized spacial score (nSPS) is 9.81. The molecule has 0 saturated carbocycles. The molecule has 0 saturated heterocycles. The molecular weight excluding hydrogens is 266 g/mol. The monoisotopic (exact) mass is 281 g/mol. The fourth-order valence-electron chi connectivity index (χ4n) is 1.98. The maximum Gasteiger partial charge on any atom is 0.257 e. The van der Waals surface area contributed by atoms with Gasteiger partial charge >= 0.3 is 0 Å². The molecule has 0 bridgehead atoms. The van der Waals surface area contributed by atoms with Crippen molar-refractivity contribution in [1.82, 2.24) is 4.98 Å². The molecule has 0 aliphatic rings. The second-order valence-corrected chi connectivity index (χ2v) is 4.57. The molecule has 2 aromatic rings. The van der Waals surface area contributed by atoms with Crippen LogP contribution in [0.5, 0.6) is 5.75 Å². The highest BCUT2D eigenvalue weighted by atomic mass is 16.5. The zero-order chi connectivity index (χ0) is 15.4. The number of amides is 1. The number of aromatic nitrogens is 1. The number of nitrogens with zero attached hydrogens (tertiary/aromatic N) is 2. The fourth-order valence-corrected chi connectivity index (χ4v) is 1.98. The van der Waals surface area contributed by atoms with Gasteiger partial charge in [-0.25, -0.2) is 0 Å². The van der Waals surface area contributed by atoms with Crippen molar-refractivity contribution in [2.24, 2.45) is 0 Å². The molecule has 1 N–H and O–H groups in total. The van der Waals surface area contributed by atoms with E-state index in [9.17, 15) is 4.79 Å². The van der Waals surface area contributed by atoms with E-state index >= 15 is 0 Å². The van der Waals surface area contributed by atoms with Gasteiger partial charge in [0.2, 0.25) is 0 Å². The van der Waals surface area contributed by atoms with E-state index in [1.165, 1.54) is 7.11 Å². The fraction of sp³-hybridized carbons (Fsp3) is 0.188. The molecule has 0 aliphatic carbocycles. The molecule has 5 nitrogen and oxygen atoms in total. The topological polar surface area (TPSA) is 75.0 Å². The first-order valence-electron chi connectivity index (χ1n) is 6.39. The first kappa shape index (κ1) is 14.5. The van der Waals surface area contributed by atoms with Crippen molar-refractivity contribution in [2.45, 2.75) is 13.8 Å². The summed E-state index contributed by atoms with van der Waals surface area (Å²) in [7, 11) is 1.49. The van der Waals surface area contributed by atoms with Crippen molar-refractivity contribution < 1.29 is 9.53 Å². The summed E-state index contributed by atoms with van der Waals surface area (Å²) in [5.74, 6) is 0.183. The van der Waals surface area contributed by atoms with Gasteiger partial charge < -0.3 is 10.1 Å². The molecule has 1 heterocycles. The number of carbonyl (C=O) groups is 1. The van der Waals surface area contributed by atoms with Crippen LogP contribution in [0.2, 0.25) is 0 Å². The molecular formula is C16H15N3O2. The van der Waals surface area contributed by atoms with E-state index in [0.717, 1.165) is 5.69 Å². The predicted molar refractivity (Wildman–Crippen MR) is 79.4 cm³/mol. The van der Waals surface area contributed by atoms with Crippen molar-refractivity contribution in [1.29, 1.82) is 5.26 Å². The third kappa shape index (κ3) is 3.18. The average Bonchev–Trinajstić information content (AvgIpc) is 2.47.